The number of carbonyl (C=O) groups excluding carboxylic acids is 1. The van der Waals surface area contributed by atoms with Gasteiger partial charge >= 0.3 is 12.0 Å². The summed E-state index contributed by atoms with van der Waals surface area (Å²) in [4.78, 5) is 24.5. The van der Waals surface area contributed by atoms with E-state index in [4.69, 9.17) is 5.11 Å². The molecule has 1 aliphatic rings. The number of rotatable bonds is 2. The number of benzene rings is 1. The largest absolute Gasteiger partial charge is 0.480 e. The van der Waals surface area contributed by atoms with Crippen LogP contribution in [0.15, 0.2) is 18.2 Å². The molecule has 2 amide bonds. The van der Waals surface area contributed by atoms with Gasteiger partial charge in [0.15, 0.2) is 0 Å². The molecule has 1 aromatic carbocycles. The molecular weight excluding hydrogens is 244 g/mol. The highest BCUT2D eigenvalue weighted by molar-refractivity contribution is 5.95. The van der Waals surface area contributed by atoms with E-state index in [-0.39, 0.29) is 6.03 Å². The number of carbonyl (C=O) groups is 2. The topological polar surface area (TPSA) is 69.6 Å². The van der Waals surface area contributed by atoms with Crippen LogP contribution in [0.3, 0.4) is 0 Å². The van der Waals surface area contributed by atoms with E-state index in [1.165, 1.54) is 12.5 Å². The van der Waals surface area contributed by atoms with Gasteiger partial charge in [-0.3, -0.25) is 9.69 Å². The molecule has 0 fully saturated rings. The number of amides is 2. The quantitative estimate of drug-likeness (QED) is 0.855. The van der Waals surface area contributed by atoms with Gasteiger partial charge in [-0.05, 0) is 38.3 Å². The van der Waals surface area contributed by atoms with Crippen LogP contribution in [0.25, 0.3) is 0 Å². The number of nitrogens with one attached hydrogen (secondary N) is 1. The summed E-state index contributed by atoms with van der Waals surface area (Å²) in [6.07, 6.45) is 1.85. The fourth-order valence-electron chi connectivity index (χ4n) is 2.26. The van der Waals surface area contributed by atoms with E-state index in [1.807, 2.05) is 19.1 Å². The van der Waals surface area contributed by atoms with E-state index < -0.39 is 12.0 Å². The Bertz CT molecular complexity index is 513. The number of carboxylic acids is 1. The molecule has 19 heavy (non-hydrogen) atoms. The van der Waals surface area contributed by atoms with Gasteiger partial charge in [0.1, 0.15) is 6.04 Å². The second-order valence-corrected chi connectivity index (χ2v) is 4.90. The summed E-state index contributed by atoms with van der Waals surface area (Å²) in [5, 5.41) is 11.3. The predicted octanol–water partition coefficient (Wildman–Crippen LogP) is 1.93. The molecule has 2 rings (SSSR count). The van der Waals surface area contributed by atoms with Crippen molar-refractivity contribution in [2.45, 2.75) is 32.7 Å². The van der Waals surface area contributed by atoms with E-state index in [0.717, 1.165) is 24.1 Å². The number of aliphatic carboxylic acids is 1. The van der Waals surface area contributed by atoms with Gasteiger partial charge in [-0.2, -0.15) is 0 Å². The highest BCUT2D eigenvalue weighted by Crippen LogP contribution is 2.27. The fraction of sp³-hybridized carbons (Fsp3) is 0.429. The van der Waals surface area contributed by atoms with Crippen LogP contribution >= 0.6 is 0 Å². The zero-order chi connectivity index (χ0) is 14.0. The zero-order valence-electron chi connectivity index (χ0n) is 11.1. The lowest BCUT2D eigenvalue weighted by atomic mass is 10.00. The van der Waals surface area contributed by atoms with Crippen molar-refractivity contribution in [1.82, 2.24) is 5.32 Å². The normalized spacial score (nSPS) is 15.6. The lowest BCUT2D eigenvalue weighted by molar-refractivity contribution is -0.138. The summed E-state index contributed by atoms with van der Waals surface area (Å²) in [5.41, 5.74) is 3.19. The lowest BCUT2D eigenvalue weighted by Crippen LogP contribution is -2.48. The van der Waals surface area contributed by atoms with Crippen LogP contribution in [-0.2, 0) is 11.2 Å². The first kappa shape index (κ1) is 13.4. The molecule has 5 nitrogen and oxygen atoms in total. The highest BCUT2D eigenvalue weighted by atomic mass is 16.4. The van der Waals surface area contributed by atoms with Crippen LogP contribution in [0.1, 0.15) is 24.5 Å². The first-order valence-corrected chi connectivity index (χ1v) is 6.39. The zero-order valence-corrected chi connectivity index (χ0v) is 11.1. The summed E-state index contributed by atoms with van der Waals surface area (Å²) < 4.78 is 0. The minimum Gasteiger partial charge on any atom is -0.480 e. The maximum atomic E-state index is 12.1. The van der Waals surface area contributed by atoms with Crippen molar-refractivity contribution in [2.75, 3.05) is 11.4 Å². The van der Waals surface area contributed by atoms with Crippen LogP contribution in [0, 0.1) is 6.92 Å². The van der Waals surface area contributed by atoms with Crippen molar-refractivity contribution in [3.63, 3.8) is 0 Å². The van der Waals surface area contributed by atoms with Crippen molar-refractivity contribution < 1.29 is 14.7 Å². The summed E-state index contributed by atoms with van der Waals surface area (Å²) in [7, 11) is 0. The second kappa shape index (κ2) is 5.30. The van der Waals surface area contributed by atoms with E-state index in [2.05, 4.69) is 11.4 Å². The Morgan fingerprint density at radius 1 is 1.42 bits per heavy atom. The van der Waals surface area contributed by atoms with E-state index in [9.17, 15) is 9.59 Å². The summed E-state index contributed by atoms with van der Waals surface area (Å²) in [6, 6.07) is 4.73. The van der Waals surface area contributed by atoms with Gasteiger partial charge in [0, 0.05) is 12.2 Å². The molecule has 0 saturated heterocycles. The molecule has 2 N–H and O–H groups in total. The molecule has 0 aromatic heterocycles. The maximum Gasteiger partial charge on any atom is 0.325 e. The molecule has 0 bridgehead atoms. The molecule has 102 valence electrons. The average Bonchev–Trinajstić information content (AvgIpc) is 2.37. The molecular formula is C14H18N2O3. The number of fused-ring (bicyclic) bond motifs is 1. The minimum absolute atomic E-state index is 0.347. The van der Waals surface area contributed by atoms with E-state index in [0.29, 0.717) is 6.54 Å². The molecule has 1 atom stereocenters. The Morgan fingerprint density at radius 3 is 2.84 bits per heavy atom. The van der Waals surface area contributed by atoms with E-state index in [1.54, 1.807) is 4.90 Å². The van der Waals surface area contributed by atoms with Crippen LogP contribution in [0.4, 0.5) is 10.5 Å². The summed E-state index contributed by atoms with van der Waals surface area (Å²) in [6.45, 7) is 4.10. The SMILES string of the molecule is Cc1ccc2c(c1)CCCN2C(=O)NC(C)C(=O)O. The van der Waals surface area contributed by atoms with Gasteiger partial charge in [0.2, 0.25) is 0 Å². The average molecular weight is 262 g/mol. The first-order chi connectivity index (χ1) is 8.99. The van der Waals surface area contributed by atoms with E-state index >= 15 is 0 Å². The molecule has 5 heteroatoms. The van der Waals surface area contributed by atoms with Gasteiger partial charge in [-0.1, -0.05) is 17.7 Å². The van der Waals surface area contributed by atoms with Crippen molar-refractivity contribution in [3.8, 4) is 0 Å². The molecule has 0 saturated carbocycles. The number of anilines is 1. The molecule has 1 heterocycles. The molecule has 0 spiro atoms. The van der Waals surface area contributed by atoms with Crippen molar-refractivity contribution >= 4 is 17.7 Å². The number of hydrogen-bond donors (Lipinski definition) is 2. The Labute approximate surface area is 112 Å². The van der Waals surface area contributed by atoms with Crippen LogP contribution in [0.2, 0.25) is 0 Å². The number of urea groups is 1. The minimum atomic E-state index is -1.03. The van der Waals surface area contributed by atoms with Crippen molar-refractivity contribution in [3.05, 3.63) is 29.3 Å². The fourth-order valence-corrected chi connectivity index (χ4v) is 2.26. The molecule has 0 radical (unpaired) electrons. The second-order valence-electron chi connectivity index (χ2n) is 4.90. The van der Waals surface area contributed by atoms with Crippen molar-refractivity contribution in [2.24, 2.45) is 0 Å². The Balaban J connectivity index is 2.19. The molecule has 1 aromatic rings. The molecule has 0 aliphatic carbocycles. The third-order valence-electron chi connectivity index (χ3n) is 3.31. The summed E-state index contributed by atoms with van der Waals surface area (Å²) >= 11 is 0. The Kier molecular flexibility index (Phi) is 3.74. The highest BCUT2D eigenvalue weighted by Gasteiger charge is 2.24. The number of nitrogens with zero attached hydrogens (tertiary/aromatic N) is 1. The number of aryl methyl sites for hydroxylation is 2. The standard InChI is InChI=1S/C14H18N2O3/c1-9-5-6-12-11(8-9)4-3-7-16(12)14(19)15-10(2)13(17)18/h5-6,8,10H,3-4,7H2,1-2H3,(H,15,19)(H,17,18). The van der Waals surface area contributed by atoms with Gasteiger partial charge in [0.05, 0.1) is 0 Å². The monoisotopic (exact) mass is 262 g/mol. The summed E-state index contributed by atoms with van der Waals surface area (Å²) in [5.74, 6) is -1.03. The lowest BCUT2D eigenvalue weighted by Gasteiger charge is -2.30. The number of carboxylic acid groups (broad SMARTS) is 1. The molecule has 1 aliphatic heterocycles. The van der Waals surface area contributed by atoms with Crippen LogP contribution in [-0.4, -0.2) is 29.7 Å². The van der Waals surface area contributed by atoms with Crippen LogP contribution in [0.5, 0.6) is 0 Å². The van der Waals surface area contributed by atoms with Gasteiger partial charge in [-0.25, -0.2) is 4.79 Å². The maximum absolute atomic E-state index is 12.1. The van der Waals surface area contributed by atoms with Crippen LogP contribution < -0.4 is 10.2 Å². The van der Waals surface area contributed by atoms with Crippen molar-refractivity contribution in [1.29, 1.82) is 0 Å². The third kappa shape index (κ3) is 2.86. The van der Waals surface area contributed by atoms with Gasteiger partial charge in [-0.15, -0.1) is 0 Å². The smallest absolute Gasteiger partial charge is 0.325 e. The number of hydrogen-bond acceptors (Lipinski definition) is 2. The first-order valence-electron chi connectivity index (χ1n) is 6.39. The Morgan fingerprint density at radius 2 is 2.16 bits per heavy atom. The van der Waals surface area contributed by atoms with Gasteiger partial charge < -0.3 is 10.4 Å². The molecule has 1 unspecified atom stereocenters. The predicted molar refractivity (Wildman–Crippen MR) is 72.5 cm³/mol. The Hall–Kier alpha value is -2.04. The third-order valence-corrected chi connectivity index (χ3v) is 3.31. The van der Waals surface area contributed by atoms with Gasteiger partial charge in [0.25, 0.3) is 0 Å².